The summed E-state index contributed by atoms with van der Waals surface area (Å²) in [7, 11) is 0. The van der Waals surface area contributed by atoms with Crippen LogP contribution in [0, 0.1) is 0 Å². The largest absolute Gasteiger partial charge is 0.506 e. The van der Waals surface area contributed by atoms with E-state index in [4.69, 9.17) is 27.5 Å². The van der Waals surface area contributed by atoms with Crippen molar-refractivity contribution in [3.8, 4) is 17.2 Å². The van der Waals surface area contributed by atoms with Gasteiger partial charge < -0.3 is 21.1 Å². The molecule has 0 aliphatic rings. The van der Waals surface area contributed by atoms with Crippen molar-refractivity contribution in [1.29, 1.82) is 0 Å². The van der Waals surface area contributed by atoms with Crippen LogP contribution in [0.2, 0.25) is 5.02 Å². The first-order valence-electron chi connectivity index (χ1n) is 3.20. The van der Waals surface area contributed by atoms with E-state index >= 15 is 0 Å². The highest BCUT2D eigenvalue weighted by atomic mass is 35.5. The Morgan fingerprint density at radius 1 is 1.25 bits per heavy atom. The lowest BCUT2D eigenvalue weighted by atomic mass is 10.1. The number of hydrogen-bond donors (Lipinski definition) is 4. The van der Waals surface area contributed by atoms with Crippen LogP contribution in [0.5, 0.6) is 17.2 Å². The lowest BCUT2D eigenvalue weighted by Crippen LogP contribution is -1.97. The van der Waals surface area contributed by atoms with Gasteiger partial charge in [-0.2, -0.15) is 0 Å². The fourth-order valence-electron chi connectivity index (χ4n) is 0.861. The number of aromatic hydroxyl groups is 3. The maximum absolute atomic E-state index is 9.18. The molecule has 4 nitrogen and oxygen atoms in total. The highest BCUT2D eigenvalue weighted by Gasteiger charge is 2.13. The quantitative estimate of drug-likeness (QED) is 0.391. The van der Waals surface area contributed by atoms with E-state index in [1.807, 2.05) is 0 Å². The molecule has 0 aromatic heterocycles. The van der Waals surface area contributed by atoms with E-state index in [1.54, 1.807) is 0 Å². The Balaban J connectivity index is 3.42. The molecule has 0 radical (unpaired) electrons. The molecule has 1 aromatic rings. The van der Waals surface area contributed by atoms with Crippen LogP contribution in [0.15, 0.2) is 6.07 Å². The molecule has 0 aliphatic carbocycles. The minimum absolute atomic E-state index is 0.0344. The Morgan fingerprint density at radius 2 is 1.83 bits per heavy atom. The third-order valence-corrected chi connectivity index (χ3v) is 1.92. The Bertz CT molecular complexity index is 288. The van der Waals surface area contributed by atoms with Crippen molar-refractivity contribution < 1.29 is 15.3 Å². The second kappa shape index (κ2) is 3.08. The van der Waals surface area contributed by atoms with Crippen LogP contribution >= 0.6 is 11.6 Å². The summed E-state index contributed by atoms with van der Waals surface area (Å²) in [6.45, 7) is -0.0490. The van der Waals surface area contributed by atoms with Gasteiger partial charge in [0.25, 0.3) is 0 Å². The zero-order valence-corrected chi connectivity index (χ0v) is 6.84. The fraction of sp³-hybridized carbons (Fsp3) is 0.143. The first kappa shape index (κ1) is 8.96. The van der Waals surface area contributed by atoms with Gasteiger partial charge in [0.2, 0.25) is 0 Å². The summed E-state index contributed by atoms with van der Waals surface area (Å²) in [5.41, 5.74) is 5.36. The van der Waals surface area contributed by atoms with Crippen LogP contribution in [-0.4, -0.2) is 15.3 Å². The molecule has 0 aliphatic heterocycles. The molecule has 0 bridgehead atoms. The zero-order valence-electron chi connectivity index (χ0n) is 6.08. The van der Waals surface area contributed by atoms with Gasteiger partial charge in [-0.25, -0.2) is 0 Å². The highest BCUT2D eigenvalue weighted by Crippen LogP contribution is 2.39. The van der Waals surface area contributed by atoms with E-state index < -0.39 is 5.75 Å². The molecule has 0 saturated carbocycles. The van der Waals surface area contributed by atoms with Crippen molar-refractivity contribution in [2.24, 2.45) is 5.73 Å². The first-order valence-corrected chi connectivity index (χ1v) is 3.58. The molecule has 66 valence electrons. The molecule has 5 N–H and O–H groups in total. The van der Waals surface area contributed by atoms with Crippen molar-refractivity contribution in [1.82, 2.24) is 0 Å². The number of hydrogen-bond acceptors (Lipinski definition) is 4. The maximum atomic E-state index is 9.18. The van der Waals surface area contributed by atoms with E-state index in [0.717, 1.165) is 6.07 Å². The fourth-order valence-corrected chi connectivity index (χ4v) is 1.08. The monoisotopic (exact) mass is 189 g/mol. The Labute approximate surface area is 73.8 Å². The first-order chi connectivity index (χ1) is 5.57. The summed E-state index contributed by atoms with van der Waals surface area (Å²) in [5.74, 6) is -1.12. The third-order valence-electron chi connectivity index (χ3n) is 1.50. The lowest BCUT2D eigenvalue weighted by Gasteiger charge is -2.07. The number of phenols is 3. The molecule has 0 unspecified atom stereocenters. The number of nitrogens with two attached hydrogens (primary N) is 1. The van der Waals surface area contributed by atoms with Gasteiger partial charge in [0.15, 0.2) is 11.5 Å². The predicted octanol–water partition coefficient (Wildman–Crippen LogP) is 0.915. The summed E-state index contributed by atoms with van der Waals surface area (Å²) >= 11 is 5.57. The summed E-state index contributed by atoms with van der Waals surface area (Å²) in [4.78, 5) is 0. The summed E-state index contributed by atoms with van der Waals surface area (Å²) in [6, 6.07) is 0.955. The molecule has 5 heteroatoms. The van der Waals surface area contributed by atoms with Gasteiger partial charge in [-0.05, 0) is 0 Å². The van der Waals surface area contributed by atoms with Crippen molar-refractivity contribution in [3.63, 3.8) is 0 Å². The van der Waals surface area contributed by atoms with Crippen LogP contribution in [0.25, 0.3) is 0 Å². The zero-order chi connectivity index (χ0) is 9.30. The normalized spacial score (nSPS) is 10.2. The second-order valence-electron chi connectivity index (χ2n) is 2.26. The predicted molar refractivity (Wildman–Crippen MR) is 44.3 cm³/mol. The SMILES string of the molecule is NCc1c(O)c(O)cc(O)c1Cl. The molecular formula is C7H8ClNO3. The molecule has 0 heterocycles. The van der Waals surface area contributed by atoms with E-state index in [1.165, 1.54) is 0 Å². The van der Waals surface area contributed by atoms with Gasteiger partial charge in [-0.3, -0.25) is 0 Å². The average Bonchev–Trinajstić information content (AvgIpc) is 2.02. The van der Waals surface area contributed by atoms with Crippen molar-refractivity contribution in [2.75, 3.05) is 0 Å². The number of benzene rings is 1. The van der Waals surface area contributed by atoms with Gasteiger partial charge in [0.05, 0.1) is 5.02 Å². The van der Waals surface area contributed by atoms with E-state index in [2.05, 4.69) is 0 Å². The molecule has 1 rings (SSSR count). The van der Waals surface area contributed by atoms with Crippen LogP contribution < -0.4 is 5.73 Å². The summed E-state index contributed by atoms with van der Waals surface area (Å²) in [5, 5.41) is 27.2. The average molecular weight is 190 g/mol. The Morgan fingerprint density at radius 3 is 2.33 bits per heavy atom. The van der Waals surface area contributed by atoms with Gasteiger partial charge in [0.1, 0.15) is 5.75 Å². The molecule has 1 aromatic carbocycles. The molecule has 0 saturated heterocycles. The summed E-state index contributed by atoms with van der Waals surface area (Å²) < 4.78 is 0. The number of halogens is 1. The molecular weight excluding hydrogens is 182 g/mol. The van der Waals surface area contributed by atoms with Crippen LogP contribution in [0.4, 0.5) is 0 Å². The van der Waals surface area contributed by atoms with E-state index in [9.17, 15) is 5.11 Å². The van der Waals surface area contributed by atoms with Crippen molar-refractivity contribution >= 4 is 11.6 Å². The van der Waals surface area contributed by atoms with Gasteiger partial charge >= 0.3 is 0 Å². The van der Waals surface area contributed by atoms with Crippen LogP contribution in [0.3, 0.4) is 0 Å². The summed E-state index contributed by atoms with van der Waals surface area (Å²) in [6.07, 6.45) is 0. The van der Waals surface area contributed by atoms with Crippen molar-refractivity contribution in [2.45, 2.75) is 6.54 Å². The second-order valence-corrected chi connectivity index (χ2v) is 2.64. The minimum Gasteiger partial charge on any atom is -0.506 e. The van der Waals surface area contributed by atoms with E-state index in [-0.39, 0.29) is 28.6 Å². The Kier molecular flexibility index (Phi) is 2.30. The smallest absolute Gasteiger partial charge is 0.163 e. The molecule has 0 atom stereocenters. The van der Waals surface area contributed by atoms with Gasteiger partial charge in [-0.15, -0.1) is 0 Å². The Hall–Kier alpha value is -1.13. The molecule has 12 heavy (non-hydrogen) atoms. The van der Waals surface area contributed by atoms with E-state index in [0.29, 0.717) is 0 Å². The topological polar surface area (TPSA) is 86.7 Å². The van der Waals surface area contributed by atoms with Crippen LogP contribution in [0.1, 0.15) is 5.56 Å². The molecule has 0 spiro atoms. The number of rotatable bonds is 1. The molecule has 0 fully saturated rings. The van der Waals surface area contributed by atoms with Crippen LogP contribution in [-0.2, 0) is 6.54 Å². The molecule has 0 amide bonds. The van der Waals surface area contributed by atoms with Crippen molar-refractivity contribution in [3.05, 3.63) is 16.7 Å². The standard InChI is InChI=1S/C7H8ClNO3/c8-6-3(2-9)7(12)5(11)1-4(6)10/h1,10-12H,2,9H2. The third kappa shape index (κ3) is 1.26. The van der Waals surface area contributed by atoms with Gasteiger partial charge in [-0.1, -0.05) is 11.6 Å². The minimum atomic E-state index is -0.433. The number of phenolic OH excluding ortho intramolecular Hbond substituents is 3. The lowest BCUT2D eigenvalue weighted by molar-refractivity contribution is 0.392. The maximum Gasteiger partial charge on any atom is 0.163 e. The highest BCUT2D eigenvalue weighted by molar-refractivity contribution is 6.33. The van der Waals surface area contributed by atoms with Gasteiger partial charge in [0, 0.05) is 18.2 Å².